The highest BCUT2D eigenvalue weighted by atomic mass is 16.5. The lowest BCUT2D eigenvalue weighted by Crippen LogP contribution is -2.48. The van der Waals surface area contributed by atoms with Gasteiger partial charge in [-0.3, -0.25) is 4.79 Å². The van der Waals surface area contributed by atoms with Gasteiger partial charge in [-0.15, -0.1) is 0 Å². The summed E-state index contributed by atoms with van der Waals surface area (Å²) in [6.07, 6.45) is 0.130. The molecule has 3 rings (SSSR count). The quantitative estimate of drug-likeness (QED) is 0.863. The fourth-order valence-electron chi connectivity index (χ4n) is 2.99. The van der Waals surface area contributed by atoms with Gasteiger partial charge in [0.2, 0.25) is 0 Å². The highest BCUT2D eigenvalue weighted by Crippen LogP contribution is 2.19. The van der Waals surface area contributed by atoms with Crippen LogP contribution < -0.4 is 4.74 Å². The number of benzene rings is 2. The van der Waals surface area contributed by atoms with Gasteiger partial charge in [-0.1, -0.05) is 36.4 Å². The molecule has 2 atom stereocenters. The van der Waals surface area contributed by atoms with Crippen molar-refractivity contribution in [1.29, 1.82) is 0 Å². The third kappa shape index (κ3) is 4.15. The molecule has 0 spiro atoms. The Bertz CT molecular complexity index is 676. The van der Waals surface area contributed by atoms with Gasteiger partial charge in [-0.05, 0) is 37.6 Å². The molecule has 1 aliphatic rings. The molecule has 1 fully saturated rings. The summed E-state index contributed by atoms with van der Waals surface area (Å²) in [5.41, 5.74) is 1.76. The molecule has 2 aromatic carbocycles. The fourth-order valence-corrected chi connectivity index (χ4v) is 2.99. The monoisotopic (exact) mass is 325 g/mol. The average Bonchev–Trinajstić information content (AvgIpc) is 2.59. The van der Waals surface area contributed by atoms with Crippen molar-refractivity contribution in [2.24, 2.45) is 0 Å². The Morgan fingerprint density at radius 1 is 1.08 bits per heavy atom. The maximum absolute atomic E-state index is 12.7. The largest absolute Gasteiger partial charge is 0.489 e. The summed E-state index contributed by atoms with van der Waals surface area (Å²) in [5.74, 6) is 0.737. The summed E-state index contributed by atoms with van der Waals surface area (Å²) in [4.78, 5) is 14.6. The summed E-state index contributed by atoms with van der Waals surface area (Å²) >= 11 is 0. The highest BCUT2D eigenvalue weighted by Gasteiger charge is 2.26. The highest BCUT2D eigenvalue weighted by molar-refractivity contribution is 5.94. The van der Waals surface area contributed by atoms with Crippen LogP contribution in [-0.4, -0.2) is 36.1 Å². The van der Waals surface area contributed by atoms with Crippen LogP contribution >= 0.6 is 0 Å². The van der Waals surface area contributed by atoms with Crippen molar-refractivity contribution < 1.29 is 14.3 Å². The van der Waals surface area contributed by atoms with Gasteiger partial charge in [0.15, 0.2) is 0 Å². The Kier molecular flexibility index (Phi) is 5.16. The van der Waals surface area contributed by atoms with Crippen molar-refractivity contribution in [2.75, 3.05) is 13.1 Å². The second-order valence-corrected chi connectivity index (χ2v) is 6.27. The second-order valence-electron chi connectivity index (χ2n) is 6.27. The topological polar surface area (TPSA) is 38.8 Å². The number of morpholine rings is 1. The molecule has 0 N–H and O–H groups in total. The van der Waals surface area contributed by atoms with Crippen LogP contribution in [-0.2, 0) is 11.3 Å². The predicted octanol–water partition coefficient (Wildman–Crippen LogP) is 3.52. The van der Waals surface area contributed by atoms with Gasteiger partial charge in [-0.2, -0.15) is 0 Å². The van der Waals surface area contributed by atoms with Crippen LogP contribution in [0.2, 0.25) is 0 Å². The molecule has 2 unspecified atom stereocenters. The molecule has 0 aliphatic carbocycles. The summed E-state index contributed by atoms with van der Waals surface area (Å²) in [6.45, 7) is 5.73. The van der Waals surface area contributed by atoms with Crippen molar-refractivity contribution in [3.05, 3.63) is 65.7 Å². The number of hydrogen-bond acceptors (Lipinski definition) is 3. The Morgan fingerprint density at radius 3 is 2.50 bits per heavy atom. The third-order valence-electron chi connectivity index (χ3n) is 4.04. The minimum absolute atomic E-state index is 0.0298. The minimum atomic E-state index is 0.0298. The summed E-state index contributed by atoms with van der Waals surface area (Å²) < 4.78 is 11.5. The number of ether oxygens (including phenoxy) is 2. The first-order valence-electron chi connectivity index (χ1n) is 8.33. The van der Waals surface area contributed by atoms with Crippen molar-refractivity contribution in [3.8, 4) is 5.75 Å². The van der Waals surface area contributed by atoms with Gasteiger partial charge in [0.25, 0.3) is 5.91 Å². The van der Waals surface area contributed by atoms with Crippen LogP contribution in [0.1, 0.15) is 29.8 Å². The van der Waals surface area contributed by atoms with Crippen molar-refractivity contribution in [3.63, 3.8) is 0 Å². The zero-order valence-corrected chi connectivity index (χ0v) is 14.1. The van der Waals surface area contributed by atoms with E-state index < -0.39 is 0 Å². The molecular weight excluding hydrogens is 302 g/mol. The minimum Gasteiger partial charge on any atom is -0.489 e. The molecule has 2 aromatic rings. The molecule has 1 saturated heterocycles. The fraction of sp³-hybridized carbons (Fsp3) is 0.350. The number of hydrogen-bond donors (Lipinski definition) is 0. The predicted molar refractivity (Wildman–Crippen MR) is 93.1 cm³/mol. The van der Waals surface area contributed by atoms with Crippen LogP contribution in [0.15, 0.2) is 54.6 Å². The van der Waals surface area contributed by atoms with E-state index in [4.69, 9.17) is 9.47 Å². The Morgan fingerprint density at radius 2 is 1.79 bits per heavy atom. The molecular formula is C20H23NO3. The van der Waals surface area contributed by atoms with Crippen LogP contribution in [0.3, 0.4) is 0 Å². The SMILES string of the molecule is CC1CN(C(=O)c2cccc(OCc3ccccc3)c2)CC(C)O1. The van der Waals surface area contributed by atoms with E-state index >= 15 is 0 Å². The van der Waals surface area contributed by atoms with Gasteiger partial charge in [0.1, 0.15) is 12.4 Å². The second kappa shape index (κ2) is 7.49. The summed E-state index contributed by atoms with van der Waals surface area (Å²) in [7, 11) is 0. The molecule has 4 heteroatoms. The molecule has 1 heterocycles. The first kappa shape index (κ1) is 16.5. The Labute approximate surface area is 143 Å². The first-order chi connectivity index (χ1) is 11.6. The van der Waals surface area contributed by atoms with Crippen LogP contribution in [0.25, 0.3) is 0 Å². The molecule has 24 heavy (non-hydrogen) atoms. The lowest BCUT2D eigenvalue weighted by Gasteiger charge is -2.35. The zero-order chi connectivity index (χ0) is 16.9. The molecule has 1 aliphatic heterocycles. The molecule has 0 radical (unpaired) electrons. The first-order valence-corrected chi connectivity index (χ1v) is 8.33. The van der Waals surface area contributed by atoms with Gasteiger partial charge in [0, 0.05) is 18.7 Å². The van der Waals surface area contributed by atoms with E-state index in [1.54, 1.807) is 0 Å². The van der Waals surface area contributed by atoms with E-state index in [2.05, 4.69) is 0 Å². The number of carbonyl (C=O) groups is 1. The van der Waals surface area contributed by atoms with E-state index in [1.807, 2.05) is 73.3 Å². The lowest BCUT2D eigenvalue weighted by molar-refractivity contribution is -0.0586. The van der Waals surface area contributed by atoms with Crippen molar-refractivity contribution in [2.45, 2.75) is 32.7 Å². The summed E-state index contributed by atoms with van der Waals surface area (Å²) in [5, 5.41) is 0. The Hall–Kier alpha value is -2.33. The van der Waals surface area contributed by atoms with Crippen molar-refractivity contribution in [1.82, 2.24) is 4.90 Å². The van der Waals surface area contributed by atoms with Gasteiger partial charge in [-0.25, -0.2) is 0 Å². The van der Waals surface area contributed by atoms with Crippen molar-refractivity contribution >= 4 is 5.91 Å². The number of amides is 1. The van der Waals surface area contributed by atoms with E-state index in [9.17, 15) is 4.79 Å². The van der Waals surface area contributed by atoms with Gasteiger partial charge in [0.05, 0.1) is 12.2 Å². The Balaban J connectivity index is 1.67. The van der Waals surface area contributed by atoms with Gasteiger partial charge < -0.3 is 14.4 Å². The molecule has 4 nitrogen and oxygen atoms in total. The van der Waals surface area contributed by atoms with E-state index in [1.165, 1.54) is 0 Å². The third-order valence-corrected chi connectivity index (χ3v) is 4.04. The normalized spacial score (nSPS) is 20.7. The van der Waals surface area contributed by atoms with E-state index in [0.717, 1.165) is 5.56 Å². The lowest BCUT2D eigenvalue weighted by atomic mass is 10.1. The smallest absolute Gasteiger partial charge is 0.254 e. The standard InChI is InChI=1S/C20H23NO3/c1-15-12-21(13-16(2)24-15)20(22)18-9-6-10-19(11-18)23-14-17-7-4-3-5-8-17/h3-11,15-16H,12-14H2,1-2H3. The van der Waals surface area contributed by atoms with Gasteiger partial charge >= 0.3 is 0 Å². The number of nitrogens with zero attached hydrogens (tertiary/aromatic N) is 1. The number of rotatable bonds is 4. The van der Waals surface area contributed by atoms with E-state index in [-0.39, 0.29) is 18.1 Å². The van der Waals surface area contributed by atoms with E-state index in [0.29, 0.717) is 31.0 Å². The molecule has 0 bridgehead atoms. The maximum Gasteiger partial charge on any atom is 0.254 e. The zero-order valence-electron chi connectivity index (χ0n) is 14.1. The average molecular weight is 325 g/mol. The van der Waals surface area contributed by atoms with Crippen LogP contribution in [0.4, 0.5) is 0 Å². The maximum atomic E-state index is 12.7. The number of carbonyl (C=O) groups excluding carboxylic acids is 1. The molecule has 1 amide bonds. The molecule has 0 saturated carbocycles. The van der Waals surface area contributed by atoms with Crippen LogP contribution in [0.5, 0.6) is 5.75 Å². The molecule has 0 aromatic heterocycles. The molecule has 126 valence electrons. The summed E-state index contributed by atoms with van der Waals surface area (Å²) in [6, 6.07) is 17.4. The van der Waals surface area contributed by atoms with Crippen LogP contribution in [0, 0.1) is 0 Å².